The fourth-order valence-corrected chi connectivity index (χ4v) is 1.36. The van der Waals surface area contributed by atoms with Gasteiger partial charge in [0.05, 0.1) is 12.7 Å². The lowest BCUT2D eigenvalue weighted by molar-refractivity contribution is -0.123. The zero-order chi connectivity index (χ0) is 15.2. The number of carbonyl (C=O) groups is 1. The Balaban J connectivity index is 1.80. The van der Waals surface area contributed by atoms with Crippen molar-refractivity contribution in [1.29, 1.82) is 0 Å². The minimum Gasteiger partial charge on any atom is -0.502 e. The molecule has 2 rings (SSSR count). The number of hydrogen-bond acceptors (Lipinski definition) is 6. The summed E-state index contributed by atoms with van der Waals surface area (Å²) in [7, 11) is 0. The van der Waals surface area contributed by atoms with E-state index >= 15 is 0 Å². The number of nitrogens with one attached hydrogen (secondary N) is 1. The number of ether oxygens (including phenoxy) is 1. The monoisotopic (exact) mass is 294 g/mol. The number of aromatic nitrogens is 1. The first-order valence-electron chi connectivity index (χ1n) is 5.86. The molecular weight excluding hydrogens is 283 g/mol. The zero-order valence-electron chi connectivity index (χ0n) is 10.7. The maximum atomic E-state index is 12.6. The van der Waals surface area contributed by atoms with E-state index in [2.05, 4.69) is 10.3 Å². The number of halogens is 1. The minimum absolute atomic E-state index is 0.0332. The van der Waals surface area contributed by atoms with Crippen LogP contribution in [0, 0.1) is 5.82 Å². The van der Waals surface area contributed by atoms with Gasteiger partial charge in [0.25, 0.3) is 5.91 Å². The summed E-state index contributed by atoms with van der Waals surface area (Å²) in [5.74, 6) is -1.18. The van der Waals surface area contributed by atoms with E-state index in [0.29, 0.717) is 0 Å². The lowest BCUT2D eigenvalue weighted by atomic mass is 10.3. The third kappa shape index (κ3) is 4.30. The van der Waals surface area contributed by atoms with Crippen molar-refractivity contribution in [3.05, 3.63) is 52.5 Å². The van der Waals surface area contributed by atoms with Gasteiger partial charge in [0.1, 0.15) is 17.8 Å². The highest BCUT2D eigenvalue weighted by molar-refractivity contribution is 5.77. The van der Waals surface area contributed by atoms with Crippen molar-refractivity contribution in [2.45, 2.75) is 6.54 Å². The summed E-state index contributed by atoms with van der Waals surface area (Å²) in [6.07, 6.45) is 1.86. The van der Waals surface area contributed by atoms with Gasteiger partial charge in [-0.15, -0.1) is 0 Å². The number of rotatable bonds is 5. The maximum Gasteiger partial charge on any atom is 0.258 e. The molecule has 0 bridgehead atoms. The van der Waals surface area contributed by atoms with E-state index in [1.165, 1.54) is 6.07 Å². The van der Waals surface area contributed by atoms with Gasteiger partial charge >= 0.3 is 0 Å². The van der Waals surface area contributed by atoms with Gasteiger partial charge in [-0.25, -0.2) is 9.37 Å². The van der Waals surface area contributed by atoms with Crippen LogP contribution in [0.5, 0.6) is 11.6 Å². The van der Waals surface area contributed by atoms with Crippen molar-refractivity contribution in [2.24, 2.45) is 0 Å². The second kappa shape index (κ2) is 6.51. The molecule has 0 spiro atoms. The molecule has 0 saturated heterocycles. The van der Waals surface area contributed by atoms with Crippen molar-refractivity contribution < 1.29 is 23.4 Å². The third-order valence-electron chi connectivity index (χ3n) is 2.38. The summed E-state index contributed by atoms with van der Waals surface area (Å²) < 4.78 is 22.5. The van der Waals surface area contributed by atoms with Gasteiger partial charge in [-0.1, -0.05) is 0 Å². The molecule has 0 radical (unpaired) electrons. The molecule has 0 saturated carbocycles. The largest absolute Gasteiger partial charge is 0.502 e. The highest BCUT2D eigenvalue weighted by Gasteiger charge is 2.06. The van der Waals surface area contributed by atoms with Crippen molar-refractivity contribution in [1.82, 2.24) is 10.3 Å². The van der Waals surface area contributed by atoms with Gasteiger partial charge in [-0.3, -0.25) is 9.59 Å². The Labute approximate surface area is 118 Å². The second-order valence-corrected chi connectivity index (χ2v) is 3.98. The van der Waals surface area contributed by atoms with Crippen molar-refractivity contribution in [3.63, 3.8) is 0 Å². The molecule has 21 heavy (non-hydrogen) atoms. The van der Waals surface area contributed by atoms with Crippen molar-refractivity contribution >= 4 is 5.91 Å². The summed E-state index contributed by atoms with van der Waals surface area (Å²) in [6.45, 7) is -0.352. The molecular formula is C13H11FN2O5. The van der Waals surface area contributed by atoms with E-state index in [-0.39, 0.29) is 24.8 Å². The molecule has 0 fully saturated rings. The highest BCUT2D eigenvalue weighted by atomic mass is 19.1. The quantitative estimate of drug-likeness (QED) is 0.836. The normalized spacial score (nSPS) is 10.1. The van der Waals surface area contributed by atoms with Gasteiger partial charge in [0.2, 0.25) is 11.3 Å². The fourth-order valence-electron chi connectivity index (χ4n) is 1.36. The average Bonchev–Trinajstić information content (AvgIpc) is 2.48. The Morgan fingerprint density at radius 1 is 1.48 bits per heavy atom. The molecule has 2 aromatic rings. The smallest absolute Gasteiger partial charge is 0.258 e. The molecule has 0 aromatic carbocycles. The van der Waals surface area contributed by atoms with E-state index in [0.717, 1.165) is 24.6 Å². The van der Waals surface area contributed by atoms with Gasteiger partial charge in [0.15, 0.2) is 12.4 Å². The Hall–Kier alpha value is -2.90. The summed E-state index contributed by atoms with van der Waals surface area (Å²) in [6, 6.07) is 3.52. The van der Waals surface area contributed by atoms with E-state index in [4.69, 9.17) is 14.3 Å². The number of amides is 1. The second-order valence-electron chi connectivity index (χ2n) is 3.98. The van der Waals surface area contributed by atoms with Crippen LogP contribution >= 0.6 is 0 Å². The van der Waals surface area contributed by atoms with E-state index in [9.17, 15) is 14.0 Å². The summed E-state index contributed by atoms with van der Waals surface area (Å²) in [4.78, 5) is 26.3. The lowest BCUT2D eigenvalue weighted by Gasteiger charge is -2.06. The predicted octanol–water partition coefficient (Wildman–Crippen LogP) is 0.575. The molecule has 0 aliphatic heterocycles. The molecule has 7 nitrogen and oxygen atoms in total. The standard InChI is InChI=1S/C13H11FN2O5/c14-8-1-2-13(16-4-8)21-7-12(19)15-5-9-3-10(17)11(18)6-20-9/h1-4,6,18H,5,7H2,(H,15,19). The number of aromatic hydroxyl groups is 1. The SMILES string of the molecule is O=C(COc1ccc(F)cn1)NCc1cc(=O)c(O)co1. The van der Waals surface area contributed by atoms with Crippen LogP contribution in [-0.4, -0.2) is 22.6 Å². The first kappa shape index (κ1) is 14.5. The summed E-state index contributed by atoms with van der Waals surface area (Å²) >= 11 is 0. The van der Waals surface area contributed by atoms with Gasteiger partial charge in [-0.2, -0.15) is 0 Å². The van der Waals surface area contributed by atoms with Gasteiger partial charge in [-0.05, 0) is 6.07 Å². The Morgan fingerprint density at radius 2 is 2.29 bits per heavy atom. The first-order chi connectivity index (χ1) is 10.0. The first-order valence-corrected chi connectivity index (χ1v) is 5.86. The summed E-state index contributed by atoms with van der Waals surface area (Å²) in [5.41, 5.74) is -0.600. The van der Waals surface area contributed by atoms with E-state index < -0.39 is 22.9 Å². The Bertz CT molecular complexity index is 684. The summed E-state index contributed by atoms with van der Waals surface area (Å²) in [5, 5.41) is 11.5. The zero-order valence-corrected chi connectivity index (χ0v) is 10.7. The van der Waals surface area contributed by atoms with Crippen LogP contribution in [0.15, 0.2) is 39.9 Å². The number of carbonyl (C=O) groups excluding carboxylic acids is 1. The predicted molar refractivity (Wildman–Crippen MR) is 68.2 cm³/mol. The van der Waals surface area contributed by atoms with Crippen LogP contribution in [0.1, 0.15) is 5.76 Å². The molecule has 0 atom stereocenters. The number of nitrogens with zero attached hydrogens (tertiary/aromatic N) is 1. The molecule has 2 heterocycles. The molecule has 2 aromatic heterocycles. The van der Waals surface area contributed by atoms with Crippen LogP contribution in [0.25, 0.3) is 0 Å². The molecule has 1 amide bonds. The average molecular weight is 294 g/mol. The molecule has 0 aliphatic rings. The Morgan fingerprint density at radius 3 is 2.95 bits per heavy atom. The number of hydrogen-bond donors (Lipinski definition) is 2. The van der Waals surface area contributed by atoms with Crippen molar-refractivity contribution in [2.75, 3.05) is 6.61 Å². The van der Waals surface area contributed by atoms with E-state index in [1.54, 1.807) is 0 Å². The third-order valence-corrected chi connectivity index (χ3v) is 2.38. The highest BCUT2D eigenvalue weighted by Crippen LogP contribution is 2.06. The van der Waals surface area contributed by atoms with Crippen LogP contribution in [0.4, 0.5) is 4.39 Å². The molecule has 0 aliphatic carbocycles. The molecule has 8 heteroatoms. The maximum absolute atomic E-state index is 12.6. The topological polar surface area (TPSA) is 102 Å². The fraction of sp³-hybridized carbons (Fsp3) is 0.154. The molecule has 2 N–H and O–H groups in total. The minimum atomic E-state index is -0.600. The van der Waals surface area contributed by atoms with Crippen LogP contribution in [0.2, 0.25) is 0 Å². The Kier molecular flexibility index (Phi) is 4.50. The van der Waals surface area contributed by atoms with E-state index in [1.807, 2.05) is 0 Å². The van der Waals surface area contributed by atoms with Crippen LogP contribution in [-0.2, 0) is 11.3 Å². The van der Waals surface area contributed by atoms with Crippen LogP contribution < -0.4 is 15.5 Å². The van der Waals surface area contributed by atoms with Gasteiger partial charge < -0.3 is 19.6 Å². The molecule has 110 valence electrons. The lowest BCUT2D eigenvalue weighted by Crippen LogP contribution is -2.28. The number of pyridine rings is 1. The molecule has 0 unspecified atom stereocenters. The van der Waals surface area contributed by atoms with Crippen molar-refractivity contribution in [3.8, 4) is 11.6 Å². The van der Waals surface area contributed by atoms with Crippen LogP contribution in [0.3, 0.4) is 0 Å². The van der Waals surface area contributed by atoms with Gasteiger partial charge in [0, 0.05) is 12.1 Å².